The second-order valence-electron chi connectivity index (χ2n) is 3.32. The molecule has 0 bridgehead atoms. The van der Waals surface area contributed by atoms with Crippen LogP contribution in [-0.2, 0) is 12.3 Å². The van der Waals surface area contributed by atoms with Crippen LogP contribution < -0.4 is 0 Å². The molecule has 0 saturated heterocycles. The molecule has 0 saturated carbocycles. The van der Waals surface area contributed by atoms with Crippen molar-refractivity contribution in [2.24, 2.45) is 0 Å². The summed E-state index contributed by atoms with van der Waals surface area (Å²) in [5.41, 5.74) is 4.00. The van der Waals surface area contributed by atoms with Crippen LogP contribution in [0.15, 0.2) is 29.8 Å². The van der Waals surface area contributed by atoms with Gasteiger partial charge in [0.25, 0.3) is 0 Å². The second-order valence-corrected chi connectivity index (χ2v) is 8.19. The van der Waals surface area contributed by atoms with Gasteiger partial charge in [0.05, 0.1) is 0 Å². The molecule has 0 radical (unpaired) electrons. The van der Waals surface area contributed by atoms with Crippen LogP contribution >= 0.6 is 20.1 Å². The number of allylic oxidation sites excluding steroid dienone is 1. The van der Waals surface area contributed by atoms with E-state index in [1.807, 2.05) is 0 Å². The van der Waals surface area contributed by atoms with Gasteiger partial charge in [0.2, 0.25) is 0 Å². The Morgan fingerprint density at radius 1 is 1.29 bits per heavy atom. The van der Waals surface area contributed by atoms with Crippen molar-refractivity contribution in [3.8, 4) is 0 Å². The Kier molecular flexibility index (Phi) is 3.24. The zero-order valence-electron chi connectivity index (χ0n) is 7.84. The molecule has 0 nitrogen and oxygen atoms in total. The molecular formula is C11H11Cl2Cr. The fraction of sp³-hybridized carbons (Fsp3) is 0.273. The summed E-state index contributed by atoms with van der Waals surface area (Å²) < 4.78 is 0.319. The number of hydrogen-bond acceptors (Lipinski definition) is 0. The minimum absolute atomic E-state index is 0.319. The predicted octanol–water partition coefficient (Wildman–Crippen LogP) is 4.46. The van der Waals surface area contributed by atoms with Gasteiger partial charge in [-0.3, -0.25) is 0 Å². The third-order valence-electron chi connectivity index (χ3n) is 2.54. The molecule has 1 aromatic rings. The Bertz CT molecular complexity index is 371. The Hall–Kier alpha value is 0.0725. The van der Waals surface area contributed by atoms with E-state index < -0.39 is 12.3 Å². The van der Waals surface area contributed by atoms with Gasteiger partial charge in [-0.25, -0.2) is 0 Å². The van der Waals surface area contributed by atoms with Gasteiger partial charge < -0.3 is 0 Å². The van der Waals surface area contributed by atoms with E-state index in [-0.39, 0.29) is 0 Å². The third-order valence-corrected chi connectivity index (χ3v) is 5.44. The fourth-order valence-electron chi connectivity index (χ4n) is 1.85. The van der Waals surface area contributed by atoms with E-state index in [4.69, 9.17) is 20.1 Å². The van der Waals surface area contributed by atoms with Crippen molar-refractivity contribution >= 4 is 26.2 Å². The van der Waals surface area contributed by atoms with Gasteiger partial charge in [-0.2, -0.15) is 0 Å². The summed E-state index contributed by atoms with van der Waals surface area (Å²) >= 11 is -1.53. The van der Waals surface area contributed by atoms with E-state index in [1.165, 1.54) is 16.7 Å². The number of rotatable bonds is 2. The summed E-state index contributed by atoms with van der Waals surface area (Å²) in [6.45, 7) is 2.16. The molecule has 1 aliphatic carbocycles. The Balaban J connectivity index is 2.46. The van der Waals surface area contributed by atoms with Crippen LogP contribution in [0.4, 0.5) is 0 Å². The van der Waals surface area contributed by atoms with Crippen molar-refractivity contribution in [3.05, 3.63) is 41.0 Å². The van der Waals surface area contributed by atoms with Crippen LogP contribution in [0.1, 0.15) is 29.3 Å². The Morgan fingerprint density at radius 3 is 2.64 bits per heavy atom. The molecule has 0 fully saturated rings. The molecule has 0 N–H and O–H groups in total. The van der Waals surface area contributed by atoms with Crippen LogP contribution in [0.25, 0.3) is 6.08 Å². The molecule has 1 aromatic carbocycles. The molecular weight excluding hydrogens is 255 g/mol. The van der Waals surface area contributed by atoms with E-state index in [0.717, 1.165) is 6.42 Å². The summed E-state index contributed by atoms with van der Waals surface area (Å²) in [5.74, 6) is 0. The molecule has 2 rings (SSSR count). The number of hydrogen-bond donors (Lipinski definition) is 0. The van der Waals surface area contributed by atoms with Crippen molar-refractivity contribution in [2.45, 2.75) is 18.1 Å². The zero-order valence-corrected chi connectivity index (χ0v) is 10.6. The van der Waals surface area contributed by atoms with E-state index >= 15 is 0 Å². The zero-order chi connectivity index (χ0) is 10.1. The first-order chi connectivity index (χ1) is 6.74. The molecule has 0 amide bonds. The van der Waals surface area contributed by atoms with Crippen molar-refractivity contribution in [3.63, 3.8) is 0 Å². The first-order valence-corrected chi connectivity index (χ1v) is 8.83. The average molecular weight is 266 g/mol. The molecule has 14 heavy (non-hydrogen) atoms. The number of benzene rings is 1. The maximum absolute atomic E-state index is 6.13. The summed E-state index contributed by atoms with van der Waals surface area (Å²) in [6, 6.07) is 8.39. The summed E-state index contributed by atoms with van der Waals surface area (Å²) in [6.07, 6.45) is 3.28. The number of halogens is 2. The molecule has 0 aromatic heterocycles. The van der Waals surface area contributed by atoms with Crippen molar-refractivity contribution in [1.82, 2.24) is 0 Å². The summed E-state index contributed by atoms with van der Waals surface area (Å²) in [4.78, 5) is 0. The first-order valence-electron chi connectivity index (χ1n) is 4.59. The second kappa shape index (κ2) is 4.29. The predicted molar refractivity (Wildman–Crippen MR) is 59.2 cm³/mol. The van der Waals surface area contributed by atoms with Gasteiger partial charge in [0.15, 0.2) is 0 Å². The maximum atomic E-state index is 6.13. The van der Waals surface area contributed by atoms with Crippen LogP contribution in [0.3, 0.4) is 0 Å². The van der Waals surface area contributed by atoms with Gasteiger partial charge in [0.1, 0.15) is 0 Å². The van der Waals surface area contributed by atoms with Gasteiger partial charge in [-0.1, -0.05) is 0 Å². The SMILES string of the molecule is CCC1=Cc2ccccc2[CH]1[Cr]([Cl])[Cl]. The normalized spacial score (nSPS) is 19.7. The molecule has 3 heteroatoms. The molecule has 0 spiro atoms. The monoisotopic (exact) mass is 265 g/mol. The van der Waals surface area contributed by atoms with Crippen molar-refractivity contribution in [1.29, 1.82) is 0 Å². The standard InChI is InChI=1S/C11H11.2ClH.Cr/c1-2-9-7-10-5-3-4-6-11(10)8-9;;;/h3-8H,2H2,1H3;2*1H;/q;;;+2/p-2. The summed E-state index contributed by atoms with van der Waals surface area (Å²) in [5, 5.41) is 0. The van der Waals surface area contributed by atoms with Crippen molar-refractivity contribution in [2.75, 3.05) is 0 Å². The molecule has 1 aliphatic rings. The molecule has 1 atom stereocenters. The minimum atomic E-state index is -1.53. The van der Waals surface area contributed by atoms with Crippen LogP contribution in [0.2, 0.25) is 0 Å². The van der Waals surface area contributed by atoms with Crippen molar-refractivity contribution < 1.29 is 12.3 Å². The Morgan fingerprint density at radius 2 is 2.00 bits per heavy atom. The van der Waals surface area contributed by atoms with Gasteiger partial charge >= 0.3 is 97.6 Å². The van der Waals surface area contributed by atoms with Crippen LogP contribution in [0.5, 0.6) is 0 Å². The molecule has 0 heterocycles. The average Bonchev–Trinajstić information content (AvgIpc) is 2.55. The summed E-state index contributed by atoms with van der Waals surface area (Å²) in [7, 11) is 12.3. The quantitative estimate of drug-likeness (QED) is 0.741. The molecule has 1 unspecified atom stereocenters. The third kappa shape index (κ3) is 1.75. The fourth-order valence-corrected chi connectivity index (χ4v) is 4.95. The number of fused-ring (bicyclic) bond motifs is 1. The molecule has 0 aliphatic heterocycles. The van der Waals surface area contributed by atoms with Crippen LogP contribution in [0, 0.1) is 0 Å². The first kappa shape index (κ1) is 10.6. The van der Waals surface area contributed by atoms with E-state index in [9.17, 15) is 0 Å². The van der Waals surface area contributed by atoms with Gasteiger partial charge in [-0.15, -0.1) is 0 Å². The Labute approximate surface area is 97.3 Å². The van der Waals surface area contributed by atoms with E-state index in [1.54, 1.807) is 0 Å². The van der Waals surface area contributed by atoms with Crippen LogP contribution in [-0.4, -0.2) is 0 Å². The van der Waals surface area contributed by atoms with Gasteiger partial charge in [0, 0.05) is 0 Å². The topological polar surface area (TPSA) is 0 Å². The van der Waals surface area contributed by atoms with Gasteiger partial charge in [-0.05, 0) is 0 Å². The molecule has 75 valence electrons. The van der Waals surface area contributed by atoms with E-state index in [0.29, 0.717) is 4.78 Å². The van der Waals surface area contributed by atoms with E-state index in [2.05, 4.69) is 37.3 Å².